The molecule has 0 aliphatic rings. The van der Waals surface area contributed by atoms with Gasteiger partial charge in [-0.1, -0.05) is 6.07 Å². The number of aromatic nitrogens is 2. The minimum atomic E-state index is -3.83. The molecule has 0 fully saturated rings. The summed E-state index contributed by atoms with van der Waals surface area (Å²) in [6, 6.07) is 14.9. The Morgan fingerprint density at radius 3 is 2.56 bits per heavy atom. The van der Waals surface area contributed by atoms with Crippen LogP contribution in [0.15, 0.2) is 82.6 Å². The molecule has 32 heavy (non-hydrogen) atoms. The molecule has 0 aliphatic carbocycles. The number of hydrogen-bond acceptors (Lipinski definition) is 8. The summed E-state index contributed by atoms with van der Waals surface area (Å²) in [7, 11) is -3.83. The summed E-state index contributed by atoms with van der Waals surface area (Å²) >= 11 is 0. The average Bonchev–Trinajstić information content (AvgIpc) is 3.26. The lowest BCUT2D eigenvalue weighted by Gasteiger charge is -2.09. The summed E-state index contributed by atoms with van der Waals surface area (Å²) in [5.41, 5.74) is 1.59. The number of nitrogens with one attached hydrogen (secondary N) is 2. The molecule has 11 heteroatoms. The van der Waals surface area contributed by atoms with Gasteiger partial charge in [-0.25, -0.2) is 23.2 Å². The van der Waals surface area contributed by atoms with E-state index in [4.69, 9.17) is 9.15 Å². The zero-order valence-corrected chi connectivity index (χ0v) is 17.2. The van der Waals surface area contributed by atoms with Crippen LogP contribution in [-0.4, -0.2) is 36.9 Å². The van der Waals surface area contributed by atoms with Gasteiger partial charge in [0.1, 0.15) is 11.3 Å². The molecule has 0 unspecified atom stereocenters. The molecule has 4 aromatic rings. The van der Waals surface area contributed by atoms with Crippen molar-refractivity contribution >= 4 is 44.5 Å². The number of nitrogens with zero attached hydrogens (tertiary/aromatic N) is 2. The van der Waals surface area contributed by atoms with Crippen LogP contribution in [0.4, 0.5) is 11.5 Å². The van der Waals surface area contributed by atoms with Crippen molar-refractivity contribution in [2.75, 3.05) is 16.6 Å². The van der Waals surface area contributed by atoms with Gasteiger partial charge in [0.15, 0.2) is 18.6 Å². The topological polar surface area (TPSA) is 140 Å². The molecule has 0 atom stereocenters. The van der Waals surface area contributed by atoms with Crippen molar-refractivity contribution in [3.05, 3.63) is 78.8 Å². The predicted octanol–water partition coefficient (Wildman–Crippen LogP) is 2.82. The van der Waals surface area contributed by atoms with Crippen molar-refractivity contribution < 1.29 is 27.2 Å². The highest BCUT2D eigenvalue weighted by Gasteiger charge is 2.16. The fourth-order valence-electron chi connectivity index (χ4n) is 2.73. The standard InChI is InChI=1S/C21H16N4O6S/c26-20(12-30-21(27)14-4-9-18-17(11-14)23-13-31-18)24-15-5-7-16(8-6-15)32(28,29)25-19-3-1-2-10-22-19/h1-11,13H,12H2,(H,22,25)(H,24,26). The SMILES string of the molecule is O=C(COC(=O)c1ccc2ocnc2c1)Nc1ccc(S(=O)(=O)Nc2ccccn2)cc1. The molecule has 2 N–H and O–H groups in total. The van der Waals surface area contributed by atoms with Gasteiger partial charge in [0.2, 0.25) is 0 Å². The lowest BCUT2D eigenvalue weighted by Crippen LogP contribution is -2.21. The van der Waals surface area contributed by atoms with Gasteiger partial charge < -0.3 is 14.5 Å². The van der Waals surface area contributed by atoms with Crippen LogP contribution < -0.4 is 10.0 Å². The molecule has 0 aliphatic heterocycles. The van der Waals surface area contributed by atoms with Crippen LogP contribution in [0.3, 0.4) is 0 Å². The summed E-state index contributed by atoms with van der Waals surface area (Å²) < 4.78 is 37.3. The van der Waals surface area contributed by atoms with E-state index in [0.29, 0.717) is 16.8 Å². The molecule has 0 saturated heterocycles. The number of anilines is 2. The number of hydrogen-bond donors (Lipinski definition) is 2. The maximum atomic E-state index is 12.4. The molecule has 10 nitrogen and oxygen atoms in total. The van der Waals surface area contributed by atoms with E-state index < -0.39 is 28.5 Å². The van der Waals surface area contributed by atoms with E-state index in [2.05, 4.69) is 20.0 Å². The van der Waals surface area contributed by atoms with Crippen LogP contribution in [0, 0.1) is 0 Å². The molecular weight excluding hydrogens is 436 g/mol. The Kier molecular flexibility index (Phi) is 5.81. The first-order valence-corrected chi connectivity index (χ1v) is 10.7. The Bertz CT molecular complexity index is 1370. The first kappa shape index (κ1) is 21.0. The highest BCUT2D eigenvalue weighted by atomic mass is 32.2. The van der Waals surface area contributed by atoms with Gasteiger partial charge in [0, 0.05) is 11.9 Å². The summed E-state index contributed by atoms with van der Waals surface area (Å²) in [5.74, 6) is -1.08. The lowest BCUT2D eigenvalue weighted by atomic mass is 10.2. The number of esters is 1. The minimum absolute atomic E-state index is 0.00386. The highest BCUT2D eigenvalue weighted by Crippen LogP contribution is 2.17. The predicted molar refractivity (Wildman–Crippen MR) is 114 cm³/mol. The van der Waals surface area contributed by atoms with Crippen molar-refractivity contribution in [2.24, 2.45) is 0 Å². The van der Waals surface area contributed by atoms with Gasteiger partial charge in [-0.2, -0.15) is 0 Å². The molecule has 4 rings (SSSR count). The second-order valence-corrected chi connectivity index (χ2v) is 8.19. The molecule has 0 spiro atoms. The third-order valence-corrected chi connectivity index (χ3v) is 5.62. The van der Waals surface area contributed by atoms with E-state index in [0.717, 1.165) is 0 Å². The third-order valence-electron chi connectivity index (χ3n) is 4.25. The second kappa shape index (κ2) is 8.86. The Morgan fingerprint density at radius 2 is 1.81 bits per heavy atom. The number of pyridine rings is 1. The van der Waals surface area contributed by atoms with Gasteiger partial charge >= 0.3 is 5.97 Å². The average molecular weight is 452 g/mol. The molecule has 2 aromatic heterocycles. The number of carbonyl (C=O) groups is 2. The van der Waals surface area contributed by atoms with Crippen LogP contribution in [0.25, 0.3) is 11.1 Å². The van der Waals surface area contributed by atoms with Crippen molar-refractivity contribution in [1.29, 1.82) is 0 Å². The number of ether oxygens (including phenoxy) is 1. The number of fused-ring (bicyclic) bond motifs is 1. The fourth-order valence-corrected chi connectivity index (χ4v) is 3.74. The summed E-state index contributed by atoms with van der Waals surface area (Å²) in [4.78, 5) is 32.1. The van der Waals surface area contributed by atoms with Crippen LogP contribution >= 0.6 is 0 Å². The van der Waals surface area contributed by atoms with Crippen LogP contribution in [0.2, 0.25) is 0 Å². The van der Waals surface area contributed by atoms with E-state index in [1.165, 1.54) is 55.1 Å². The molecule has 1 amide bonds. The quantitative estimate of drug-likeness (QED) is 0.408. The number of sulfonamides is 1. The zero-order chi connectivity index (χ0) is 22.6. The van der Waals surface area contributed by atoms with E-state index in [9.17, 15) is 18.0 Å². The molecular formula is C21H16N4O6S. The zero-order valence-electron chi connectivity index (χ0n) is 16.4. The number of carbonyl (C=O) groups excluding carboxylic acids is 2. The third kappa shape index (κ3) is 4.90. The first-order valence-electron chi connectivity index (χ1n) is 9.25. The van der Waals surface area contributed by atoms with Gasteiger partial charge in [-0.3, -0.25) is 9.52 Å². The molecule has 0 saturated carbocycles. The summed E-state index contributed by atoms with van der Waals surface area (Å²) in [6.07, 6.45) is 2.73. The smallest absolute Gasteiger partial charge is 0.338 e. The van der Waals surface area contributed by atoms with Gasteiger partial charge in [-0.15, -0.1) is 0 Å². The number of rotatable bonds is 7. The Labute approximate surface area is 182 Å². The van der Waals surface area contributed by atoms with Crippen molar-refractivity contribution in [2.45, 2.75) is 4.90 Å². The molecule has 0 radical (unpaired) electrons. The Hall–Kier alpha value is -4.25. The van der Waals surface area contributed by atoms with Gasteiger partial charge in [-0.05, 0) is 54.6 Å². The van der Waals surface area contributed by atoms with Crippen LogP contribution in [-0.2, 0) is 19.6 Å². The van der Waals surface area contributed by atoms with E-state index in [-0.39, 0.29) is 16.3 Å². The molecule has 2 aromatic carbocycles. The summed E-state index contributed by atoms with van der Waals surface area (Å²) in [6.45, 7) is -0.517. The van der Waals surface area contributed by atoms with E-state index in [1.54, 1.807) is 18.2 Å². The largest absolute Gasteiger partial charge is 0.452 e. The van der Waals surface area contributed by atoms with Crippen LogP contribution in [0.1, 0.15) is 10.4 Å². The first-order chi connectivity index (χ1) is 15.4. The number of amides is 1. The summed E-state index contributed by atoms with van der Waals surface area (Å²) in [5, 5.41) is 2.53. The Morgan fingerprint density at radius 1 is 1.00 bits per heavy atom. The maximum Gasteiger partial charge on any atom is 0.338 e. The van der Waals surface area contributed by atoms with Crippen molar-refractivity contribution in [3.8, 4) is 0 Å². The van der Waals surface area contributed by atoms with Gasteiger partial charge in [0.05, 0.1) is 10.5 Å². The lowest BCUT2D eigenvalue weighted by molar-refractivity contribution is -0.119. The van der Waals surface area contributed by atoms with Gasteiger partial charge in [0.25, 0.3) is 15.9 Å². The highest BCUT2D eigenvalue weighted by molar-refractivity contribution is 7.92. The monoisotopic (exact) mass is 452 g/mol. The molecule has 0 bridgehead atoms. The Balaban J connectivity index is 1.32. The van der Waals surface area contributed by atoms with Crippen molar-refractivity contribution in [1.82, 2.24) is 9.97 Å². The van der Waals surface area contributed by atoms with E-state index in [1.807, 2.05) is 0 Å². The van der Waals surface area contributed by atoms with Crippen LogP contribution in [0.5, 0.6) is 0 Å². The second-order valence-electron chi connectivity index (χ2n) is 6.50. The number of oxazole rings is 1. The molecule has 2 heterocycles. The minimum Gasteiger partial charge on any atom is -0.452 e. The molecule has 162 valence electrons. The number of benzene rings is 2. The van der Waals surface area contributed by atoms with E-state index >= 15 is 0 Å². The van der Waals surface area contributed by atoms with Crippen molar-refractivity contribution in [3.63, 3.8) is 0 Å². The normalized spacial score (nSPS) is 11.1. The maximum absolute atomic E-state index is 12.4. The fraction of sp³-hybridized carbons (Fsp3) is 0.0476.